The van der Waals surface area contributed by atoms with Gasteiger partial charge < -0.3 is 5.32 Å². The number of carbonyl (C=O) groups is 1. The average molecular weight is 351 g/mol. The Kier molecular flexibility index (Phi) is 3.79. The van der Waals surface area contributed by atoms with Gasteiger partial charge in [-0.05, 0) is 42.2 Å². The smallest absolute Gasteiger partial charge is 0.250 e. The molecule has 3 aromatic rings. The summed E-state index contributed by atoms with van der Waals surface area (Å²) in [4.78, 5) is 21.3. The Hall–Kier alpha value is -3.09. The Morgan fingerprint density at radius 1 is 1.12 bits per heavy atom. The van der Waals surface area contributed by atoms with Gasteiger partial charge in [-0.15, -0.1) is 5.10 Å². The van der Waals surface area contributed by atoms with Crippen molar-refractivity contribution in [3.05, 3.63) is 59.8 Å². The number of hydrogen-bond donors (Lipinski definition) is 1. The Morgan fingerprint density at radius 2 is 1.81 bits per heavy atom. The van der Waals surface area contributed by atoms with Crippen LogP contribution in [0.15, 0.2) is 42.7 Å². The first-order valence-electron chi connectivity index (χ1n) is 8.38. The van der Waals surface area contributed by atoms with E-state index in [0.29, 0.717) is 35.9 Å². The van der Waals surface area contributed by atoms with Crippen molar-refractivity contribution < 1.29 is 9.18 Å². The molecular weight excluding hydrogens is 333 g/mol. The molecule has 0 atom stereocenters. The Labute approximate surface area is 150 Å². The van der Waals surface area contributed by atoms with Crippen LogP contribution < -0.4 is 5.32 Å². The normalized spacial score (nSPS) is 15.6. The lowest BCUT2D eigenvalue weighted by Crippen LogP contribution is -2.28. The summed E-state index contributed by atoms with van der Waals surface area (Å²) in [6.07, 6.45) is 4.41. The first kappa shape index (κ1) is 16.4. The molecule has 26 heavy (non-hydrogen) atoms. The van der Waals surface area contributed by atoms with E-state index in [1.165, 1.54) is 12.1 Å². The van der Waals surface area contributed by atoms with Gasteiger partial charge in [-0.25, -0.2) is 19.0 Å². The third-order valence-electron chi connectivity index (χ3n) is 4.39. The van der Waals surface area contributed by atoms with Gasteiger partial charge in [0.15, 0.2) is 11.6 Å². The number of nitrogens with zero attached hydrogens (tertiary/aromatic N) is 4. The zero-order chi connectivity index (χ0) is 18.3. The molecule has 1 aliphatic rings. The zero-order valence-electron chi connectivity index (χ0n) is 14.5. The van der Waals surface area contributed by atoms with Crippen LogP contribution in [0.2, 0.25) is 0 Å². The van der Waals surface area contributed by atoms with Crippen LogP contribution in [-0.2, 0) is 6.42 Å². The van der Waals surface area contributed by atoms with E-state index in [9.17, 15) is 9.18 Å². The molecule has 0 radical (unpaired) electrons. The van der Waals surface area contributed by atoms with Gasteiger partial charge in [-0.1, -0.05) is 13.8 Å². The SMILES string of the molecule is CC1(C)CC(=O)c2c(Nc3ccc(F)cc3)nn(-c3ncccn3)c2C1. The molecule has 132 valence electrons. The van der Waals surface area contributed by atoms with Crippen LogP contribution in [0.1, 0.15) is 36.3 Å². The van der Waals surface area contributed by atoms with Crippen molar-refractivity contribution in [2.45, 2.75) is 26.7 Å². The van der Waals surface area contributed by atoms with E-state index in [0.717, 1.165) is 5.69 Å². The standard InChI is InChI=1S/C19H18FN5O/c1-19(2)10-14-16(15(26)11-19)17(23-13-6-4-12(20)5-7-13)24-25(14)18-21-8-3-9-22-18/h3-9H,10-11H2,1-2H3,(H,23,24). The second kappa shape index (κ2) is 6.01. The third-order valence-corrected chi connectivity index (χ3v) is 4.39. The molecule has 0 amide bonds. The predicted octanol–water partition coefficient (Wildman–Crippen LogP) is 3.70. The van der Waals surface area contributed by atoms with Gasteiger partial charge in [0.25, 0.3) is 5.95 Å². The topological polar surface area (TPSA) is 72.7 Å². The fourth-order valence-electron chi connectivity index (χ4n) is 3.27. The lowest BCUT2D eigenvalue weighted by atomic mass is 9.76. The highest BCUT2D eigenvalue weighted by Gasteiger charge is 2.37. The quantitative estimate of drug-likeness (QED) is 0.779. The summed E-state index contributed by atoms with van der Waals surface area (Å²) >= 11 is 0. The van der Waals surface area contributed by atoms with Gasteiger partial charge in [-0.3, -0.25) is 4.79 Å². The van der Waals surface area contributed by atoms with E-state index in [-0.39, 0.29) is 17.0 Å². The molecule has 0 fully saturated rings. The number of nitrogens with one attached hydrogen (secondary N) is 1. The molecule has 0 unspecified atom stereocenters. The molecule has 0 spiro atoms. The van der Waals surface area contributed by atoms with Crippen molar-refractivity contribution in [2.75, 3.05) is 5.32 Å². The average Bonchev–Trinajstić information content (AvgIpc) is 2.95. The lowest BCUT2D eigenvalue weighted by Gasteiger charge is -2.28. The molecule has 0 saturated carbocycles. The van der Waals surface area contributed by atoms with Crippen molar-refractivity contribution in [2.24, 2.45) is 5.41 Å². The summed E-state index contributed by atoms with van der Waals surface area (Å²) in [5, 5.41) is 7.69. The van der Waals surface area contributed by atoms with Crippen molar-refractivity contribution in [1.29, 1.82) is 0 Å². The lowest BCUT2D eigenvalue weighted by molar-refractivity contribution is 0.0911. The number of ketones is 1. The highest BCUT2D eigenvalue weighted by atomic mass is 19.1. The molecule has 7 heteroatoms. The Bertz CT molecular complexity index is 964. The zero-order valence-corrected chi connectivity index (χ0v) is 14.5. The Balaban J connectivity index is 1.84. The van der Waals surface area contributed by atoms with Gasteiger partial charge in [0.05, 0.1) is 11.3 Å². The maximum Gasteiger partial charge on any atom is 0.250 e. The minimum absolute atomic E-state index is 0.0306. The van der Waals surface area contributed by atoms with Crippen molar-refractivity contribution in [1.82, 2.24) is 19.7 Å². The van der Waals surface area contributed by atoms with Crippen molar-refractivity contribution in [3.8, 4) is 5.95 Å². The molecule has 6 nitrogen and oxygen atoms in total. The fraction of sp³-hybridized carbons (Fsp3) is 0.263. The summed E-state index contributed by atoms with van der Waals surface area (Å²) in [5.74, 6) is 0.572. The van der Waals surface area contributed by atoms with Crippen molar-refractivity contribution >= 4 is 17.3 Å². The minimum Gasteiger partial charge on any atom is -0.338 e. The van der Waals surface area contributed by atoms with Crippen LogP contribution in [0.3, 0.4) is 0 Å². The maximum absolute atomic E-state index is 13.2. The molecule has 1 aliphatic carbocycles. The molecular formula is C19H18FN5O. The number of Topliss-reactive ketones (excluding diaryl/α,β-unsaturated/α-hetero) is 1. The summed E-state index contributed by atoms with van der Waals surface area (Å²) in [6.45, 7) is 4.12. The molecule has 0 bridgehead atoms. The van der Waals surface area contributed by atoms with Gasteiger partial charge >= 0.3 is 0 Å². The molecule has 1 aromatic carbocycles. The van der Waals surface area contributed by atoms with Gasteiger partial charge in [0.2, 0.25) is 0 Å². The van der Waals surface area contributed by atoms with E-state index >= 15 is 0 Å². The van der Waals surface area contributed by atoms with E-state index in [2.05, 4.69) is 34.2 Å². The van der Waals surface area contributed by atoms with E-state index in [1.54, 1.807) is 35.3 Å². The molecule has 0 saturated heterocycles. The summed E-state index contributed by atoms with van der Waals surface area (Å²) < 4.78 is 14.8. The van der Waals surface area contributed by atoms with Crippen LogP contribution in [0, 0.1) is 11.2 Å². The van der Waals surface area contributed by atoms with Crippen LogP contribution in [0.4, 0.5) is 15.9 Å². The van der Waals surface area contributed by atoms with E-state index in [4.69, 9.17) is 0 Å². The monoisotopic (exact) mass is 351 g/mol. The number of rotatable bonds is 3. The van der Waals surface area contributed by atoms with Crippen molar-refractivity contribution in [3.63, 3.8) is 0 Å². The first-order chi connectivity index (χ1) is 12.4. The molecule has 2 aromatic heterocycles. The number of benzene rings is 1. The number of halogens is 1. The number of hydrogen-bond acceptors (Lipinski definition) is 5. The Morgan fingerprint density at radius 3 is 2.50 bits per heavy atom. The van der Waals surface area contributed by atoms with E-state index < -0.39 is 0 Å². The summed E-state index contributed by atoms with van der Waals surface area (Å²) in [5.41, 5.74) is 1.85. The van der Waals surface area contributed by atoms with Crippen LogP contribution >= 0.6 is 0 Å². The largest absolute Gasteiger partial charge is 0.338 e. The van der Waals surface area contributed by atoms with Gasteiger partial charge in [0, 0.05) is 24.5 Å². The maximum atomic E-state index is 13.2. The highest BCUT2D eigenvalue weighted by Crippen LogP contribution is 2.39. The summed E-state index contributed by atoms with van der Waals surface area (Å²) in [7, 11) is 0. The number of aromatic nitrogens is 4. The highest BCUT2D eigenvalue weighted by molar-refractivity contribution is 6.03. The van der Waals surface area contributed by atoms with Gasteiger partial charge in [0.1, 0.15) is 5.82 Å². The molecule has 0 aliphatic heterocycles. The van der Waals surface area contributed by atoms with Crippen LogP contribution in [-0.4, -0.2) is 25.5 Å². The van der Waals surface area contributed by atoms with Crippen LogP contribution in [0.5, 0.6) is 0 Å². The number of carbonyl (C=O) groups excluding carboxylic acids is 1. The second-order valence-corrected chi connectivity index (χ2v) is 7.20. The molecule has 4 rings (SSSR count). The third kappa shape index (κ3) is 2.96. The second-order valence-electron chi connectivity index (χ2n) is 7.20. The minimum atomic E-state index is -0.321. The first-order valence-corrected chi connectivity index (χ1v) is 8.38. The molecule has 2 heterocycles. The number of anilines is 2. The summed E-state index contributed by atoms with van der Waals surface area (Å²) in [6, 6.07) is 7.66. The van der Waals surface area contributed by atoms with Gasteiger partial charge in [-0.2, -0.15) is 0 Å². The molecule has 1 N–H and O–H groups in total. The predicted molar refractivity (Wildman–Crippen MR) is 95.3 cm³/mol. The van der Waals surface area contributed by atoms with Crippen LogP contribution in [0.25, 0.3) is 5.95 Å². The fourth-order valence-corrected chi connectivity index (χ4v) is 3.27. The number of fused-ring (bicyclic) bond motifs is 1. The van der Waals surface area contributed by atoms with E-state index in [1.807, 2.05) is 0 Å².